The third kappa shape index (κ3) is 4.04. The third-order valence-electron chi connectivity index (χ3n) is 3.60. The second-order valence-electron chi connectivity index (χ2n) is 5.19. The predicted octanol–water partition coefficient (Wildman–Crippen LogP) is 2.21. The molecule has 0 aliphatic rings. The highest BCUT2D eigenvalue weighted by Gasteiger charge is 2.13. The molecule has 5 nitrogen and oxygen atoms in total. The highest BCUT2D eigenvalue weighted by molar-refractivity contribution is 5.92. The van der Waals surface area contributed by atoms with Crippen LogP contribution in [-0.2, 0) is 6.54 Å². The van der Waals surface area contributed by atoms with Crippen molar-refractivity contribution in [3.63, 3.8) is 0 Å². The molecule has 1 aromatic carbocycles. The Labute approximate surface area is 130 Å². The minimum atomic E-state index is -0.240. The Bertz CT molecular complexity index is 676. The van der Waals surface area contributed by atoms with Crippen LogP contribution in [0.25, 0.3) is 0 Å². The average Bonchev–Trinajstić information content (AvgIpc) is 2.55. The second-order valence-corrected chi connectivity index (χ2v) is 5.19. The zero-order chi connectivity index (χ0) is 15.9. The van der Waals surface area contributed by atoms with E-state index in [1.165, 1.54) is 16.8 Å². The quantitative estimate of drug-likeness (QED) is 0.889. The number of nitrogens with one attached hydrogen (secondary N) is 1. The van der Waals surface area contributed by atoms with E-state index >= 15 is 0 Å². The van der Waals surface area contributed by atoms with Crippen molar-refractivity contribution in [2.45, 2.75) is 39.3 Å². The van der Waals surface area contributed by atoms with E-state index in [0.717, 1.165) is 18.4 Å². The summed E-state index contributed by atoms with van der Waals surface area (Å²) in [6.07, 6.45) is 1.73. The molecule has 0 aliphatic carbocycles. The predicted molar refractivity (Wildman–Crippen MR) is 85.9 cm³/mol. The molecule has 2 aromatic rings. The first kappa shape index (κ1) is 15.9. The fourth-order valence-electron chi connectivity index (χ4n) is 2.19. The zero-order valence-electron chi connectivity index (χ0n) is 13.0. The number of carbonyl (C=O) groups excluding carboxylic acids is 1. The standard InChI is InChI=1S/C17H21N3O2/c1-3-14(4-2)18-17(22)15-10-11-16(21)20(19-15)12-13-8-6-5-7-9-13/h5-11,14H,3-4,12H2,1-2H3,(H,18,22). The maximum absolute atomic E-state index is 12.2. The van der Waals surface area contributed by atoms with Crippen molar-refractivity contribution >= 4 is 5.91 Å². The molecule has 0 spiro atoms. The Morgan fingerprint density at radius 1 is 1.14 bits per heavy atom. The van der Waals surface area contributed by atoms with Gasteiger partial charge in [0.15, 0.2) is 0 Å². The Balaban J connectivity index is 2.19. The van der Waals surface area contributed by atoms with Crippen LogP contribution in [0.1, 0.15) is 42.7 Å². The van der Waals surface area contributed by atoms with Gasteiger partial charge in [0, 0.05) is 12.1 Å². The molecular weight excluding hydrogens is 278 g/mol. The van der Waals surface area contributed by atoms with Crippen LogP contribution in [0, 0.1) is 0 Å². The van der Waals surface area contributed by atoms with E-state index in [2.05, 4.69) is 10.4 Å². The molecule has 1 amide bonds. The maximum atomic E-state index is 12.2. The third-order valence-corrected chi connectivity index (χ3v) is 3.60. The van der Waals surface area contributed by atoms with Gasteiger partial charge in [-0.25, -0.2) is 4.68 Å². The second kappa shape index (κ2) is 7.54. The van der Waals surface area contributed by atoms with Crippen molar-refractivity contribution in [3.05, 3.63) is 64.1 Å². The molecule has 116 valence electrons. The van der Waals surface area contributed by atoms with Gasteiger partial charge in [0.1, 0.15) is 5.69 Å². The number of benzene rings is 1. The molecule has 2 rings (SSSR count). The monoisotopic (exact) mass is 299 g/mol. The van der Waals surface area contributed by atoms with Gasteiger partial charge in [-0.15, -0.1) is 0 Å². The molecule has 0 bridgehead atoms. The van der Waals surface area contributed by atoms with Crippen LogP contribution in [0.15, 0.2) is 47.3 Å². The molecule has 0 radical (unpaired) electrons. The SMILES string of the molecule is CCC(CC)NC(=O)c1ccc(=O)n(Cc2ccccc2)n1. The first-order chi connectivity index (χ1) is 10.6. The zero-order valence-corrected chi connectivity index (χ0v) is 13.0. The molecule has 0 saturated heterocycles. The summed E-state index contributed by atoms with van der Waals surface area (Å²) < 4.78 is 1.32. The molecule has 0 unspecified atom stereocenters. The van der Waals surface area contributed by atoms with Crippen LogP contribution >= 0.6 is 0 Å². The summed E-state index contributed by atoms with van der Waals surface area (Å²) >= 11 is 0. The minimum absolute atomic E-state index is 0.129. The highest BCUT2D eigenvalue weighted by atomic mass is 16.2. The number of hydrogen-bond donors (Lipinski definition) is 1. The summed E-state index contributed by atoms with van der Waals surface area (Å²) in [6.45, 7) is 4.40. The Morgan fingerprint density at radius 2 is 1.82 bits per heavy atom. The number of aromatic nitrogens is 2. The van der Waals surface area contributed by atoms with Crippen LogP contribution < -0.4 is 10.9 Å². The van der Waals surface area contributed by atoms with Crippen molar-refractivity contribution in [2.75, 3.05) is 0 Å². The smallest absolute Gasteiger partial charge is 0.271 e. The van der Waals surface area contributed by atoms with Crippen molar-refractivity contribution in [2.24, 2.45) is 0 Å². The van der Waals surface area contributed by atoms with Gasteiger partial charge in [-0.3, -0.25) is 9.59 Å². The van der Waals surface area contributed by atoms with E-state index in [9.17, 15) is 9.59 Å². The summed E-state index contributed by atoms with van der Waals surface area (Å²) in [6, 6.07) is 12.6. The average molecular weight is 299 g/mol. The fraction of sp³-hybridized carbons (Fsp3) is 0.353. The first-order valence-corrected chi connectivity index (χ1v) is 7.57. The number of hydrogen-bond acceptors (Lipinski definition) is 3. The minimum Gasteiger partial charge on any atom is -0.348 e. The number of nitrogens with zero attached hydrogens (tertiary/aromatic N) is 2. The van der Waals surface area contributed by atoms with Gasteiger partial charge in [-0.1, -0.05) is 44.2 Å². The van der Waals surface area contributed by atoms with E-state index in [1.807, 2.05) is 44.2 Å². The van der Waals surface area contributed by atoms with Gasteiger partial charge >= 0.3 is 0 Å². The summed E-state index contributed by atoms with van der Waals surface area (Å²) in [4.78, 5) is 24.1. The van der Waals surface area contributed by atoms with Gasteiger partial charge in [-0.05, 0) is 24.5 Å². The van der Waals surface area contributed by atoms with Crippen molar-refractivity contribution in [3.8, 4) is 0 Å². The lowest BCUT2D eigenvalue weighted by molar-refractivity contribution is 0.0927. The summed E-state index contributed by atoms with van der Waals surface area (Å²) in [5.74, 6) is -0.240. The van der Waals surface area contributed by atoms with Crippen molar-refractivity contribution in [1.82, 2.24) is 15.1 Å². The van der Waals surface area contributed by atoms with Gasteiger partial charge in [0.2, 0.25) is 0 Å². The maximum Gasteiger partial charge on any atom is 0.271 e. The van der Waals surface area contributed by atoms with Crippen LogP contribution in [-0.4, -0.2) is 21.7 Å². The molecule has 0 aliphatic heterocycles. The normalized spacial score (nSPS) is 10.7. The Kier molecular flexibility index (Phi) is 5.47. The van der Waals surface area contributed by atoms with Gasteiger partial charge < -0.3 is 5.32 Å². The topological polar surface area (TPSA) is 64.0 Å². The molecule has 0 fully saturated rings. The molecule has 5 heteroatoms. The molecule has 22 heavy (non-hydrogen) atoms. The Morgan fingerprint density at radius 3 is 2.45 bits per heavy atom. The fourth-order valence-corrected chi connectivity index (χ4v) is 2.19. The van der Waals surface area contributed by atoms with Crippen LogP contribution in [0.4, 0.5) is 0 Å². The molecule has 1 N–H and O–H groups in total. The van der Waals surface area contributed by atoms with Gasteiger partial charge in [0.05, 0.1) is 6.54 Å². The lowest BCUT2D eigenvalue weighted by Crippen LogP contribution is -2.36. The number of rotatable bonds is 6. The van der Waals surface area contributed by atoms with Crippen LogP contribution in [0.3, 0.4) is 0 Å². The summed E-state index contributed by atoms with van der Waals surface area (Å²) in [5.41, 5.74) is 1.01. The lowest BCUT2D eigenvalue weighted by atomic mass is 10.1. The van der Waals surface area contributed by atoms with Crippen LogP contribution in [0.2, 0.25) is 0 Å². The molecule has 1 heterocycles. The summed E-state index contributed by atoms with van der Waals surface area (Å²) in [7, 11) is 0. The van der Waals surface area contributed by atoms with E-state index < -0.39 is 0 Å². The molecule has 1 aromatic heterocycles. The van der Waals surface area contributed by atoms with E-state index in [1.54, 1.807) is 0 Å². The van der Waals surface area contributed by atoms with E-state index in [-0.39, 0.29) is 23.2 Å². The first-order valence-electron chi connectivity index (χ1n) is 7.57. The van der Waals surface area contributed by atoms with Gasteiger partial charge in [-0.2, -0.15) is 5.10 Å². The summed E-state index contributed by atoms with van der Waals surface area (Å²) in [5, 5.41) is 7.11. The molecular formula is C17H21N3O2. The van der Waals surface area contributed by atoms with E-state index in [0.29, 0.717) is 6.54 Å². The lowest BCUT2D eigenvalue weighted by Gasteiger charge is -2.14. The highest BCUT2D eigenvalue weighted by Crippen LogP contribution is 2.02. The van der Waals surface area contributed by atoms with E-state index in [4.69, 9.17) is 0 Å². The van der Waals surface area contributed by atoms with Crippen LogP contribution in [0.5, 0.6) is 0 Å². The Hall–Kier alpha value is -2.43. The number of carbonyl (C=O) groups is 1. The van der Waals surface area contributed by atoms with Crippen molar-refractivity contribution < 1.29 is 4.79 Å². The van der Waals surface area contributed by atoms with Gasteiger partial charge in [0.25, 0.3) is 11.5 Å². The molecule has 0 saturated carbocycles. The molecule has 0 atom stereocenters. The van der Waals surface area contributed by atoms with Crippen molar-refractivity contribution in [1.29, 1.82) is 0 Å². The largest absolute Gasteiger partial charge is 0.348 e. The number of amides is 1.